The van der Waals surface area contributed by atoms with Gasteiger partial charge in [-0.1, -0.05) is 30.3 Å². The highest BCUT2D eigenvalue weighted by Crippen LogP contribution is 2.26. The number of anilines is 1. The fourth-order valence-electron chi connectivity index (χ4n) is 2.85. The van der Waals surface area contributed by atoms with E-state index in [-0.39, 0.29) is 18.1 Å². The number of carbonyl (C=O) groups excluding carboxylic acids is 1. The third kappa shape index (κ3) is 3.89. The number of piperidine rings is 1. The number of nitrogens with one attached hydrogen (secondary N) is 1. The molecule has 2 atom stereocenters. The van der Waals surface area contributed by atoms with Crippen LogP contribution in [-0.2, 0) is 0 Å². The number of aliphatic hydroxyl groups excluding tert-OH is 1. The summed E-state index contributed by atoms with van der Waals surface area (Å²) in [6.07, 6.45) is 1.53. The molecule has 6 heteroatoms. The third-order valence-corrected chi connectivity index (χ3v) is 4.94. The lowest BCUT2D eigenvalue weighted by molar-refractivity contribution is 0.0766. The number of nitrogens with zero attached hydrogens (tertiary/aromatic N) is 2. The number of hydrogen-bond acceptors (Lipinski definition) is 4. The Labute approximate surface area is 140 Å². The molecule has 0 radical (unpaired) electrons. The Balaban J connectivity index is 1.63. The molecule has 3 rings (SSSR count). The lowest BCUT2D eigenvalue weighted by Crippen LogP contribution is -2.44. The van der Waals surface area contributed by atoms with Gasteiger partial charge in [-0.15, -0.1) is 0 Å². The van der Waals surface area contributed by atoms with E-state index in [4.69, 9.17) is 0 Å². The van der Waals surface area contributed by atoms with Crippen LogP contribution in [0, 0.1) is 5.92 Å². The first kappa shape index (κ1) is 16.0. The van der Waals surface area contributed by atoms with E-state index in [0.29, 0.717) is 6.54 Å². The molecule has 2 heterocycles. The Kier molecular flexibility index (Phi) is 4.93. The van der Waals surface area contributed by atoms with Gasteiger partial charge in [-0.2, -0.15) is 4.37 Å². The number of benzene rings is 1. The van der Waals surface area contributed by atoms with Gasteiger partial charge in [0.25, 0.3) is 0 Å². The van der Waals surface area contributed by atoms with Crippen molar-refractivity contribution < 1.29 is 9.90 Å². The first-order valence-corrected chi connectivity index (χ1v) is 8.67. The van der Waals surface area contributed by atoms with Gasteiger partial charge in [0, 0.05) is 30.6 Å². The van der Waals surface area contributed by atoms with E-state index in [1.807, 2.05) is 36.4 Å². The topological polar surface area (TPSA) is 65.5 Å². The monoisotopic (exact) mass is 331 g/mol. The van der Waals surface area contributed by atoms with Crippen LogP contribution in [0.4, 0.5) is 9.80 Å². The van der Waals surface area contributed by atoms with Gasteiger partial charge in [-0.25, -0.2) is 4.79 Å². The summed E-state index contributed by atoms with van der Waals surface area (Å²) >= 11 is 1.29. The van der Waals surface area contributed by atoms with Gasteiger partial charge in [0.15, 0.2) is 0 Å². The molecule has 1 aromatic heterocycles. The van der Waals surface area contributed by atoms with E-state index >= 15 is 0 Å². The van der Waals surface area contributed by atoms with Crippen molar-refractivity contribution >= 4 is 22.6 Å². The van der Waals surface area contributed by atoms with Crippen LogP contribution < -0.4 is 5.32 Å². The van der Waals surface area contributed by atoms with E-state index < -0.39 is 0 Å². The molecule has 1 aliphatic heterocycles. The van der Waals surface area contributed by atoms with Crippen molar-refractivity contribution in [3.8, 4) is 11.3 Å². The lowest BCUT2D eigenvalue weighted by atomic mass is 9.94. The van der Waals surface area contributed by atoms with Gasteiger partial charge in [-0.3, -0.25) is 5.32 Å². The quantitative estimate of drug-likeness (QED) is 0.905. The average Bonchev–Trinajstić information content (AvgIpc) is 3.04. The highest BCUT2D eigenvalue weighted by Gasteiger charge is 2.26. The van der Waals surface area contributed by atoms with E-state index in [1.165, 1.54) is 11.5 Å². The van der Waals surface area contributed by atoms with Gasteiger partial charge in [0.05, 0.1) is 11.8 Å². The molecule has 0 saturated carbocycles. The summed E-state index contributed by atoms with van der Waals surface area (Å²) in [5.74, 6) is 0.163. The first-order valence-electron chi connectivity index (χ1n) is 7.89. The molecule has 1 aliphatic rings. The third-order valence-electron chi connectivity index (χ3n) is 4.24. The summed E-state index contributed by atoms with van der Waals surface area (Å²) in [7, 11) is 0. The van der Waals surface area contributed by atoms with Crippen molar-refractivity contribution in [3.05, 3.63) is 36.4 Å². The second-order valence-electron chi connectivity index (χ2n) is 5.96. The zero-order chi connectivity index (χ0) is 16.2. The second-order valence-corrected chi connectivity index (χ2v) is 6.77. The molecule has 1 aromatic carbocycles. The zero-order valence-electron chi connectivity index (χ0n) is 13.1. The molecule has 2 unspecified atom stereocenters. The molecule has 1 fully saturated rings. The minimum absolute atomic E-state index is 0.112. The molecule has 122 valence electrons. The van der Waals surface area contributed by atoms with Crippen LogP contribution in [0.2, 0.25) is 0 Å². The molecule has 0 spiro atoms. The van der Waals surface area contributed by atoms with Crippen LogP contribution in [0.5, 0.6) is 0 Å². The summed E-state index contributed by atoms with van der Waals surface area (Å²) in [5.41, 5.74) is 1.91. The highest BCUT2D eigenvalue weighted by atomic mass is 32.1. The average molecular weight is 331 g/mol. The molecule has 5 nitrogen and oxygen atoms in total. The van der Waals surface area contributed by atoms with Crippen molar-refractivity contribution in [3.63, 3.8) is 0 Å². The molecular weight excluding hydrogens is 310 g/mol. The van der Waals surface area contributed by atoms with Crippen molar-refractivity contribution in [1.29, 1.82) is 0 Å². The number of amides is 2. The maximum Gasteiger partial charge on any atom is 0.322 e. The second kappa shape index (κ2) is 7.10. The van der Waals surface area contributed by atoms with E-state index in [9.17, 15) is 9.90 Å². The molecule has 0 bridgehead atoms. The fourth-order valence-corrected chi connectivity index (χ4v) is 3.50. The van der Waals surface area contributed by atoms with Crippen molar-refractivity contribution in [1.82, 2.24) is 9.27 Å². The normalized spacial score (nSPS) is 19.4. The Morgan fingerprint density at radius 1 is 1.43 bits per heavy atom. The SMILES string of the molecule is CC(O)C1CCCN(C(=O)Nc2cc(-c3ccccc3)ns2)C1. The standard InChI is InChI=1S/C17H21N3O2S/c1-12(21)14-8-5-9-20(11-14)17(22)18-16-10-15(19-23-16)13-6-3-2-4-7-13/h2-4,6-7,10,12,14,21H,5,8-9,11H2,1H3,(H,18,22). The number of hydrogen-bond donors (Lipinski definition) is 2. The number of carbonyl (C=O) groups is 1. The molecule has 2 amide bonds. The van der Waals surface area contributed by atoms with Crippen LogP contribution in [0.15, 0.2) is 36.4 Å². The maximum absolute atomic E-state index is 12.4. The Hall–Kier alpha value is -1.92. The van der Waals surface area contributed by atoms with Gasteiger partial charge in [0.1, 0.15) is 5.00 Å². The minimum Gasteiger partial charge on any atom is -0.393 e. The summed E-state index contributed by atoms with van der Waals surface area (Å²) in [6, 6.07) is 11.7. The molecule has 23 heavy (non-hydrogen) atoms. The minimum atomic E-state index is -0.376. The molecule has 2 N–H and O–H groups in total. The largest absolute Gasteiger partial charge is 0.393 e. The molecular formula is C17H21N3O2S. The van der Waals surface area contributed by atoms with Crippen LogP contribution >= 0.6 is 11.5 Å². The van der Waals surface area contributed by atoms with E-state index in [0.717, 1.165) is 35.6 Å². The first-order chi connectivity index (χ1) is 11.1. The van der Waals surface area contributed by atoms with E-state index in [2.05, 4.69) is 9.69 Å². The van der Waals surface area contributed by atoms with Crippen LogP contribution in [0.1, 0.15) is 19.8 Å². The van der Waals surface area contributed by atoms with Crippen molar-refractivity contribution in [2.24, 2.45) is 5.92 Å². The Morgan fingerprint density at radius 2 is 2.22 bits per heavy atom. The van der Waals surface area contributed by atoms with Gasteiger partial charge in [-0.05, 0) is 31.3 Å². The van der Waals surface area contributed by atoms with Gasteiger partial charge >= 0.3 is 6.03 Å². The maximum atomic E-state index is 12.4. The van der Waals surface area contributed by atoms with Gasteiger partial charge < -0.3 is 10.0 Å². The summed E-state index contributed by atoms with van der Waals surface area (Å²) in [4.78, 5) is 14.2. The van der Waals surface area contributed by atoms with E-state index in [1.54, 1.807) is 11.8 Å². The van der Waals surface area contributed by atoms with Crippen LogP contribution in [-0.4, -0.2) is 39.6 Å². The summed E-state index contributed by atoms with van der Waals surface area (Å²) in [5, 5.41) is 13.4. The number of aromatic nitrogens is 1. The fraction of sp³-hybridized carbons (Fsp3) is 0.412. The summed E-state index contributed by atoms with van der Waals surface area (Å²) in [6.45, 7) is 3.13. The van der Waals surface area contributed by atoms with Gasteiger partial charge in [0.2, 0.25) is 0 Å². The van der Waals surface area contributed by atoms with Crippen LogP contribution in [0.25, 0.3) is 11.3 Å². The molecule has 2 aromatic rings. The Morgan fingerprint density at radius 3 is 2.96 bits per heavy atom. The molecule has 1 saturated heterocycles. The number of rotatable bonds is 3. The predicted molar refractivity (Wildman–Crippen MR) is 92.5 cm³/mol. The lowest BCUT2D eigenvalue weighted by Gasteiger charge is -2.33. The zero-order valence-corrected chi connectivity index (χ0v) is 13.9. The van der Waals surface area contributed by atoms with Crippen LogP contribution in [0.3, 0.4) is 0 Å². The number of likely N-dealkylation sites (tertiary alicyclic amines) is 1. The Bertz CT molecular complexity index is 657. The summed E-state index contributed by atoms with van der Waals surface area (Å²) < 4.78 is 4.40. The van der Waals surface area contributed by atoms with Crippen molar-refractivity contribution in [2.45, 2.75) is 25.9 Å². The number of aliphatic hydroxyl groups is 1. The van der Waals surface area contributed by atoms with Crippen molar-refractivity contribution in [2.75, 3.05) is 18.4 Å². The number of urea groups is 1. The highest BCUT2D eigenvalue weighted by molar-refractivity contribution is 7.10. The predicted octanol–water partition coefficient (Wildman–Crippen LogP) is 3.43. The smallest absolute Gasteiger partial charge is 0.322 e. The molecule has 0 aliphatic carbocycles.